The summed E-state index contributed by atoms with van der Waals surface area (Å²) < 4.78 is 0.816. The van der Waals surface area contributed by atoms with Gasteiger partial charge in [-0.15, -0.1) is 0 Å². The molecule has 0 nitrogen and oxygen atoms in total. The second kappa shape index (κ2) is 6.80. The summed E-state index contributed by atoms with van der Waals surface area (Å²) >= 11 is -2.49. The van der Waals surface area contributed by atoms with Crippen LogP contribution in [0, 0.1) is 17.8 Å². The van der Waals surface area contributed by atoms with Crippen molar-refractivity contribution in [3.8, 4) is 0 Å². The molecule has 132 valence electrons. The van der Waals surface area contributed by atoms with E-state index in [9.17, 15) is 0 Å². The van der Waals surface area contributed by atoms with Crippen LogP contribution in [-0.2, 0) is 0 Å². The molecule has 0 N–H and O–H groups in total. The molecule has 0 bridgehead atoms. The Morgan fingerprint density at radius 2 is 0.640 bits per heavy atom. The topological polar surface area (TPSA) is 0 Å². The van der Waals surface area contributed by atoms with Gasteiger partial charge in [0.05, 0.1) is 0 Å². The van der Waals surface area contributed by atoms with E-state index >= 15 is 0 Å². The average molecular weight is 436 g/mol. The zero-order valence-electron chi connectivity index (χ0n) is 16.7. The monoisotopic (exact) mass is 436 g/mol. The fourth-order valence-corrected chi connectivity index (χ4v) is 23.9. The van der Waals surface area contributed by atoms with Crippen LogP contribution in [0.5, 0.6) is 0 Å². The molecule has 0 aromatic rings. The standard InChI is InChI=1S/3C8H11.In/c3*1-7(2)8-5-3-4-6-8;/h3*3-7H,1-2H3;. The molecule has 0 aromatic heterocycles. The molecule has 0 spiro atoms. The number of hydrogen-bond acceptors (Lipinski definition) is 0. The maximum absolute atomic E-state index is 2.58. The van der Waals surface area contributed by atoms with E-state index in [1.807, 2.05) is 0 Å². The fraction of sp³-hybridized carbons (Fsp3) is 0.500. The third-order valence-electron chi connectivity index (χ3n) is 7.14. The Kier molecular flexibility index (Phi) is 5.19. The molecule has 3 aliphatic rings. The zero-order chi connectivity index (χ0) is 18.3. The molecule has 0 heterocycles. The first-order chi connectivity index (χ1) is 11.8. The number of rotatable bonds is 6. The Morgan fingerprint density at radius 3 is 0.800 bits per heavy atom. The fourth-order valence-electron chi connectivity index (χ4n) is 5.53. The minimum absolute atomic E-state index is 0.272. The quantitative estimate of drug-likeness (QED) is 0.419. The third kappa shape index (κ3) is 2.73. The van der Waals surface area contributed by atoms with E-state index in [1.165, 1.54) is 0 Å². The number of allylic oxidation sites excluding steroid dienone is 12. The molecule has 1 heteroatoms. The van der Waals surface area contributed by atoms with Gasteiger partial charge in [0.2, 0.25) is 0 Å². The van der Waals surface area contributed by atoms with Gasteiger partial charge in [-0.2, -0.15) is 0 Å². The molecule has 0 saturated heterocycles. The van der Waals surface area contributed by atoms with Gasteiger partial charge >= 0.3 is 163 Å². The van der Waals surface area contributed by atoms with Gasteiger partial charge in [-0.25, -0.2) is 0 Å². The second-order valence-corrected chi connectivity index (χ2v) is 20.1. The van der Waals surface area contributed by atoms with Crippen molar-refractivity contribution in [3.63, 3.8) is 0 Å². The van der Waals surface area contributed by atoms with Crippen molar-refractivity contribution in [2.45, 2.75) is 51.1 Å². The van der Waals surface area contributed by atoms with Crippen molar-refractivity contribution in [3.05, 3.63) is 72.9 Å². The van der Waals surface area contributed by atoms with Crippen LogP contribution < -0.4 is 0 Å². The van der Waals surface area contributed by atoms with Crippen LogP contribution in [0.1, 0.15) is 41.5 Å². The van der Waals surface area contributed by atoms with Crippen LogP contribution in [0.25, 0.3) is 0 Å². The summed E-state index contributed by atoms with van der Waals surface area (Å²) in [4.78, 5) is 0. The minimum atomic E-state index is -2.49. The van der Waals surface area contributed by atoms with E-state index < -0.39 is 21.4 Å². The van der Waals surface area contributed by atoms with Crippen LogP contribution in [0.3, 0.4) is 0 Å². The Morgan fingerprint density at radius 1 is 0.440 bits per heavy atom. The first-order valence-electron chi connectivity index (χ1n) is 9.93. The van der Waals surface area contributed by atoms with Gasteiger partial charge in [0.25, 0.3) is 0 Å². The molecule has 0 radical (unpaired) electrons. The molecular weight excluding hydrogens is 403 g/mol. The van der Waals surface area contributed by atoms with E-state index in [2.05, 4.69) is 114 Å². The summed E-state index contributed by atoms with van der Waals surface area (Å²) in [7, 11) is 0. The third-order valence-corrected chi connectivity index (χ3v) is 24.7. The van der Waals surface area contributed by atoms with Crippen LogP contribution >= 0.6 is 0 Å². The van der Waals surface area contributed by atoms with E-state index in [0.29, 0.717) is 17.8 Å². The Labute approximate surface area is 162 Å². The normalized spacial score (nSPS) is 23.9. The van der Waals surface area contributed by atoms with Crippen LogP contribution in [0.15, 0.2) is 72.9 Å². The molecule has 3 rings (SSSR count). The molecule has 0 saturated carbocycles. The van der Waals surface area contributed by atoms with Gasteiger partial charge in [0.1, 0.15) is 0 Å². The van der Waals surface area contributed by atoms with Crippen molar-refractivity contribution in [2.75, 3.05) is 0 Å². The van der Waals surface area contributed by atoms with E-state index in [1.54, 1.807) is 0 Å². The summed E-state index contributed by atoms with van der Waals surface area (Å²) in [6.45, 7) is 14.6. The van der Waals surface area contributed by atoms with E-state index in [4.69, 9.17) is 0 Å². The molecule has 25 heavy (non-hydrogen) atoms. The van der Waals surface area contributed by atoms with Crippen molar-refractivity contribution < 1.29 is 0 Å². The summed E-state index contributed by atoms with van der Waals surface area (Å²) in [5, 5.41) is 0. The van der Waals surface area contributed by atoms with Crippen LogP contribution in [0.4, 0.5) is 0 Å². The number of hydrogen-bond donors (Lipinski definition) is 0. The van der Waals surface area contributed by atoms with Crippen molar-refractivity contribution >= 4 is 21.4 Å². The van der Waals surface area contributed by atoms with Crippen molar-refractivity contribution in [1.82, 2.24) is 0 Å². The SMILES string of the molecule is CC(C)[C]1([In]([C]2(C(C)C)C=CC=C2)[C]2(C(C)C)C=CC=C2)C=CC=C1. The molecule has 0 unspecified atom stereocenters. The Bertz CT molecular complexity index is 548. The van der Waals surface area contributed by atoms with Gasteiger partial charge in [-0.3, -0.25) is 0 Å². The molecule has 0 amide bonds. The van der Waals surface area contributed by atoms with Crippen LogP contribution in [-0.4, -0.2) is 21.4 Å². The molecule has 0 aromatic carbocycles. The summed E-state index contributed by atoms with van der Waals surface area (Å²) in [6, 6.07) is 0. The zero-order valence-corrected chi connectivity index (χ0v) is 20.0. The van der Waals surface area contributed by atoms with Crippen molar-refractivity contribution in [1.29, 1.82) is 0 Å². The van der Waals surface area contributed by atoms with Crippen molar-refractivity contribution in [2.24, 2.45) is 17.8 Å². The predicted molar refractivity (Wildman–Crippen MR) is 113 cm³/mol. The molecule has 0 atom stereocenters. The molecular formula is C24H33In. The van der Waals surface area contributed by atoms with Gasteiger partial charge in [0.15, 0.2) is 0 Å². The average Bonchev–Trinajstić information content (AvgIpc) is 3.30. The molecule has 0 aliphatic heterocycles. The first-order valence-corrected chi connectivity index (χ1v) is 14.9. The van der Waals surface area contributed by atoms with Gasteiger partial charge in [0, 0.05) is 0 Å². The van der Waals surface area contributed by atoms with E-state index in [-0.39, 0.29) is 9.51 Å². The summed E-state index contributed by atoms with van der Waals surface area (Å²) in [5.41, 5.74) is 0. The Hall–Kier alpha value is -0.690. The molecule has 3 aliphatic carbocycles. The van der Waals surface area contributed by atoms with Crippen LogP contribution in [0.2, 0.25) is 9.51 Å². The van der Waals surface area contributed by atoms with Gasteiger partial charge in [-0.05, 0) is 0 Å². The second-order valence-electron chi connectivity index (χ2n) is 9.05. The Balaban J connectivity index is 2.31. The maximum atomic E-state index is 2.58. The predicted octanol–water partition coefficient (Wildman–Crippen LogP) is 7.05. The first kappa shape index (κ1) is 19.1. The summed E-state index contributed by atoms with van der Waals surface area (Å²) in [5.74, 6) is 1.91. The van der Waals surface area contributed by atoms with Gasteiger partial charge in [-0.1, -0.05) is 0 Å². The molecule has 0 fully saturated rings. The van der Waals surface area contributed by atoms with E-state index in [0.717, 1.165) is 0 Å². The van der Waals surface area contributed by atoms with Gasteiger partial charge < -0.3 is 0 Å². The summed E-state index contributed by atoms with van der Waals surface area (Å²) in [6.07, 6.45) is 29.4.